The number of benzene rings is 1. The Kier molecular flexibility index (Phi) is 14.2. The first-order chi connectivity index (χ1) is 10.3. The molecule has 0 amide bonds. The van der Waals surface area contributed by atoms with Gasteiger partial charge in [0.2, 0.25) is 0 Å². The van der Waals surface area contributed by atoms with Crippen LogP contribution in [0.2, 0.25) is 13.1 Å². The summed E-state index contributed by atoms with van der Waals surface area (Å²) in [5, 5.41) is 2.66. The van der Waals surface area contributed by atoms with Gasteiger partial charge in [-0.05, 0) is 0 Å². The van der Waals surface area contributed by atoms with Gasteiger partial charge in [0, 0.05) is 0 Å². The first-order valence-corrected chi connectivity index (χ1v) is 12.6. The molecule has 2 aromatic rings. The Morgan fingerprint density at radius 3 is 1.96 bits per heavy atom. The molecule has 4 heteroatoms. The third-order valence-electron chi connectivity index (χ3n) is 3.78. The molecule has 0 heterocycles. The van der Waals surface area contributed by atoms with Gasteiger partial charge in [-0.2, -0.15) is 28.7 Å². The minimum absolute atomic E-state index is 0. The van der Waals surface area contributed by atoms with Crippen LogP contribution in [0.25, 0.3) is 10.8 Å². The van der Waals surface area contributed by atoms with Crippen LogP contribution in [0.3, 0.4) is 0 Å². The van der Waals surface area contributed by atoms with E-state index in [1.165, 1.54) is 27.5 Å². The number of allylic oxidation sites excluding steroid dienone is 4. The van der Waals surface area contributed by atoms with Gasteiger partial charge in [0.25, 0.3) is 0 Å². The van der Waals surface area contributed by atoms with Crippen molar-refractivity contribution < 1.29 is 44.0 Å². The van der Waals surface area contributed by atoms with Crippen LogP contribution in [-0.4, -0.2) is 6.19 Å². The molecule has 0 fully saturated rings. The van der Waals surface area contributed by atoms with Crippen molar-refractivity contribution in [3.05, 3.63) is 65.3 Å². The summed E-state index contributed by atoms with van der Waals surface area (Å²) in [7, 11) is 0. The van der Waals surface area contributed by atoms with Crippen LogP contribution in [0.5, 0.6) is 0 Å². The molecule has 0 aliphatic heterocycles. The minimum atomic E-state index is 0. The Bertz CT molecular complexity index is 664. The first kappa shape index (κ1) is 26.1. The maximum Gasteiger partial charge on any atom is -0.0809 e. The number of hydrogen-bond donors (Lipinski definition) is 0. The van der Waals surface area contributed by atoms with Gasteiger partial charge in [-0.25, -0.2) is 5.57 Å². The van der Waals surface area contributed by atoms with Gasteiger partial charge in [0.15, 0.2) is 0 Å². The fourth-order valence-electron chi connectivity index (χ4n) is 2.23. The standard InChI is InChI=1S/C9H7.C9H13.C2H6Si.2ClH.Ti/c1-2-5-9-7-3-6-8(9)4-1;1-6-5-7(2)9(4)8(6)3;1-3-2;;;/h1-7H;6H,1-4H3;1-2H3;2*1H;/q2*-1;;;;+2/p-2. The normalized spacial score (nSPS) is 15.2. The zero-order chi connectivity index (χ0) is 16.7. The van der Waals surface area contributed by atoms with E-state index in [4.69, 9.17) is 0 Å². The predicted molar refractivity (Wildman–Crippen MR) is 97.0 cm³/mol. The smallest absolute Gasteiger partial charge is 0.0809 e. The van der Waals surface area contributed by atoms with E-state index in [0.717, 1.165) is 0 Å². The summed E-state index contributed by atoms with van der Waals surface area (Å²) in [6.45, 7) is 13.2. The summed E-state index contributed by atoms with van der Waals surface area (Å²) < 4.78 is 0. The van der Waals surface area contributed by atoms with E-state index in [1.54, 1.807) is 0 Å². The molecule has 1 aliphatic carbocycles. The monoisotopic (exact) mass is 412 g/mol. The minimum Gasteiger partial charge on any atom is -1.00 e. The Hall–Kier alpha value is -0.179. The molecule has 0 bridgehead atoms. The third kappa shape index (κ3) is 8.78. The van der Waals surface area contributed by atoms with Gasteiger partial charge in [-0.15, -0.1) is 36.6 Å². The molecular weight excluding hydrogens is 387 g/mol. The van der Waals surface area contributed by atoms with Gasteiger partial charge in [-0.3, -0.25) is 6.08 Å². The van der Waals surface area contributed by atoms with Crippen molar-refractivity contribution in [1.82, 2.24) is 0 Å². The van der Waals surface area contributed by atoms with E-state index >= 15 is 0 Å². The predicted octanol–water partition coefficient (Wildman–Crippen LogP) is 0.0730. The van der Waals surface area contributed by atoms with Crippen LogP contribution in [0.4, 0.5) is 0 Å². The molecule has 0 saturated heterocycles. The van der Waals surface area contributed by atoms with Crippen molar-refractivity contribution in [1.29, 1.82) is 0 Å². The molecule has 1 atom stereocenters. The number of rotatable bonds is 0. The molecule has 1 aliphatic rings. The first-order valence-electron chi connectivity index (χ1n) is 7.73. The second-order valence-electron chi connectivity index (χ2n) is 5.95. The summed E-state index contributed by atoms with van der Waals surface area (Å²) in [4.78, 5) is 0. The molecule has 0 N–H and O–H groups in total. The second kappa shape index (κ2) is 13.1. The molecule has 24 heavy (non-hydrogen) atoms. The van der Waals surface area contributed by atoms with Crippen LogP contribution >= 0.6 is 0 Å². The van der Waals surface area contributed by atoms with Gasteiger partial charge in [-0.1, -0.05) is 32.8 Å². The quantitative estimate of drug-likeness (QED) is 0.424. The van der Waals surface area contributed by atoms with Crippen LogP contribution in [0.1, 0.15) is 27.7 Å². The molecule has 0 nitrogen and oxygen atoms in total. The van der Waals surface area contributed by atoms with E-state index in [1.807, 2.05) is 0 Å². The van der Waals surface area contributed by atoms with E-state index in [-0.39, 0.29) is 31.0 Å². The van der Waals surface area contributed by atoms with Crippen molar-refractivity contribution in [2.45, 2.75) is 40.8 Å². The summed E-state index contributed by atoms with van der Waals surface area (Å²) in [6.07, 6.45) is 3.48. The molecule has 0 radical (unpaired) electrons. The van der Waals surface area contributed by atoms with E-state index in [0.29, 0.717) is 5.92 Å². The second-order valence-corrected chi connectivity index (χ2v) is 12.6. The maximum absolute atomic E-state index is 3.36. The molecule has 2 aromatic carbocycles. The molecular formula is C20H26Cl2SiTi-2. The van der Waals surface area contributed by atoms with Crippen molar-refractivity contribution >= 4 is 17.0 Å². The third-order valence-corrected chi connectivity index (χ3v) is 3.78. The Morgan fingerprint density at radius 1 is 1.04 bits per heavy atom. The fraction of sp³-hybridized carbons (Fsp3) is 0.350. The van der Waals surface area contributed by atoms with Crippen molar-refractivity contribution in [2.75, 3.05) is 0 Å². The van der Waals surface area contributed by atoms with E-state index in [2.05, 4.69) is 109 Å². The largest absolute Gasteiger partial charge is 1.00 e. The number of halogens is 2. The summed E-state index contributed by atoms with van der Waals surface area (Å²) in [5.41, 5.74) is 4.25. The maximum atomic E-state index is 3.36. The molecule has 0 spiro atoms. The van der Waals surface area contributed by atoms with Crippen molar-refractivity contribution in [2.24, 2.45) is 5.92 Å². The van der Waals surface area contributed by atoms with Crippen LogP contribution in [0, 0.1) is 12.0 Å². The average Bonchev–Trinajstić information content (AvgIpc) is 3.01. The van der Waals surface area contributed by atoms with Crippen molar-refractivity contribution in [3.8, 4) is 0 Å². The summed E-state index contributed by atoms with van der Waals surface area (Å²) >= 11 is 2.27. The Labute approximate surface area is 172 Å². The van der Waals surface area contributed by atoms with E-state index in [9.17, 15) is 0 Å². The number of hydrogen-bond acceptors (Lipinski definition) is 0. The van der Waals surface area contributed by atoms with Gasteiger partial charge in [0.05, 0.1) is 0 Å². The zero-order valence-electron chi connectivity index (χ0n) is 15.4. The fourth-order valence-corrected chi connectivity index (χ4v) is 2.23. The van der Waals surface area contributed by atoms with Gasteiger partial charge >= 0.3 is 38.5 Å². The Morgan fingerprint density at radius 2 is 1.58 bits per heavy atom. The van der Waals surface area contributed by atoms with Crippen LogP contribution in [-0.2, 0) is 19.2 Å². The molecule has 3 rings (SSSR count). The van der Waals surface area contributed by atoms with Gasteiger partial charge in [0.1, 0.15) is 0 Å². The van der Waals surface area contributed by atoms with Gasteiger partial charge < -0.3 is 24.8 Å². The molecule has 0 saturated carbocycles. The van der Waals surface area contributed by atoms with Crippen LogP contribution in [0.15, 0.2) is 59.2 Å². The van der Waals surface area contributed by atoms with E-state index < -0.39 is 0 Å². The molecule has 0 aromatic heterocycles. The zero-order valence-corrected chi connectivity index (χ0v) is 19.4. The topological polar surface area (TPSA) is 0 Å². The molecule has 1 unspecified atom stereocenters. The van der Waals surface area contributed by atoms with Crippen LogP contribution < -0.4 is 24.8 Å². The van der Waals surface area contributed by atoms with Crippen molar-refractivity contribution in [3.63, 3.8) is 0 Å². The summed E-state index contributed by atoms with van der Waals surface area (Å²) in [5.74, 6) is 0.560. The number of fused-ring (bicyclic) bond motifs is 1. The Balaban J connectivity index is 0. The SMILES string of the molecule is CC1=[C-]C(C)C(C)=C1C.C[Si](C)=[Ti+2].[Cl-].[Cl-].c1ccc2[cH-]ccc2c1. The summed E-state index contributed by atoms with van der Waals surface area (Å²) in [6, 6.07) is 14.7. The average molecular weight is 413 g/mol. The molecule has 130 valence electrons.